The second kappa shape index (κ2) is 9.75. The van der Waals surface area contributed by atoms with Gasteiger partial charge in [0.15, 0.2) is 0 Å². The van der Waals surface area contributed by atoms with E-state index in [1.807, 2.05) is 9.80 Å². The highest BCUT2D eigenvalue weighted by Crippen LogP contribution is 2.10. The molecule has 5 heteroatoms. The first-order chi connectivity index (χ1) is 9.63. The maximum atomic E-state index is 12.2. The highest BCUT2D eigenvalue weighted by molar-refractivity contribution is 5.78. The number of likely N-dealkylation sites (tertiary alicyclic amines) is 1. The van der Waals surface area contributed by atoms with Crippen LogP contribution in [-0.2, 0) is 9.59 Å². The van der Waals surface area contributed by atoms with E-state index in [9.17, 15) is 9.59 Å². The number of carbonyl (C=O) groups is 2. The molecule has 0 bridgehead atoms. The average molecular weight is 284 g/mol. The van der Waals surface area contributed by atoms with Gasteiger partial charge < -0.3 is 10.0 Å². The van der Waals surface area contributed by atoms with Crippen LogP contribution >= 0.6 is 0 Å². The van der Waals surface area contributed by atoms with Crippen LogP contribution < -0.4 is 0 Å². The van der Waals surface area contributed by atoms with E-state index in [1.54, 1.807) is 0 Å². The van der Waals surface area contributed by atoms with Crippen LogP contribution in [0.2, 0.25) is 0 Å². The van der Waals surface area contributed by atoms with Crippen LogP contribution in [0.15, 0.2) is 0 Å². The molecular weight excluding hydrogens is 256 g/mol. The van der Waals surface area contributed by atoms with E-state index in [0.717, 1.165) is 51.7 Å². The molecule has 1 heterocycles. The number of carbonyl (C=O) groups excluding carboxylic acids is 1. The normalized spacial score (nSPS) is 15.6. The third-order valence-electron chi connectivity index (χ3n) is 3.79. The highest BCUT2D eigenvalue weighted by atomic mass is 16.4. The molecule has 1 amide bonds. The maximum absolute atomic E-state index is 12.2. The Balaban J connectivity index is 2.39. The number of carboxylic acid groups (broad SMARTS) is 1. The number of rotatable bonds is 9. The predicted molar refractivity (Wildman–Crippen MR) is 78.6 cm³/mol. The van der Waals surface area contributed by atoms with Gasteiger partial charge in [-0.25, -0.2) is 0 Å². The Bertz CT molecular complexity index is 301. The van der Waals surface area contributed by atoms with E-state index in [0.29, 0.717) is 13.1 Å². The van der Waals surface area contributed by atoms with Gasteiger partial charge in [-0.2, -0.15) is 0 Å². The number of aliphatic carboxylic acids is 1. The summed E-state index contributed by atoms with van der Waals surface area (Å²) in [6.07, 6.45) is 6.80. The summed E-state index contributed by atoms with van der Waals surface area (Å²) in [6, 6.07) is 0. The first-order valence-corrected chi connectivity index (χ1v) is 7.85. The van der Waals surface area contributed by atoms with E-state index in [-0.39, 0.29) is 12.3 Å². The van der Waals surface area contributed by atoms with Gasteiger partial charge in [0.25, 0.3) is 0 Å². The summed E-state index contributed by atoms with van der Waals surface area (Å²) in [5.74, 6) is -0.637. The van der Waals surface area contributed by atoms with E-state index >= 15 is 0 Å². The minimum Gasteiger partial charge on any atom is -0.481 e. The molecule has 20 heavy (non-hydrogen) atoms. The van der Waals surface area contributed by atoms with Crippen LogP contribution in [0.5, 0.6) is 0 Å². The third kappa shape index (κ3) is 6.89. The summed E-state index contributed by atoms with van der Waals surface area (Å²) >= 11 is 0. The zero-order valence-electron chi connectivity index (χ0n) is 12.6. The molecule has 0 unspecified atom stereocenters. The first kappa shape index (κ1) is 17.0. The number of amides is 1. The average Bonchev–Trinajstić information content (AvgIpc) is 2.45. The van der Waals surface area contributed by atoms with Crippen molar-refractivity contribution >= 4 is 11.9 Å². The van der Waals surface area contributed by atoms with Crippen molar-refractivity contribution in [2.45, 2.75) is 51.9 Å². The van der Waals surface area contributed by atoms with Gasteiger partial charge in [-0.15, -0.1) is 0 Å². The summed E-state index contributed by atoms with van der Waals surface area (Å²) in [6.45, 7) is 5.53. The Labute approximate surface area is 121 Å². The van der Waals surface area contributed by atoms with Gasteiger partial charge in [0, 0.05) is 19.6 Å². The smallest absolute Gasteiger partial charge is 0.304 e. The highest BCUT2D eigenvalue weighted by Gasteiger charge is 2.19. The second-order valence-electron chi connectivity index (χ2n) is 5.57. The summed E-state index contributed by atoms with van der Waals surface area (Å²) < 4.78 is 0. The molecule has 1 aliphatic heterocycles. The topological polar surface area (TPSA) is 60.9 Å². The molecule has 116 valence electrons. The summed E-state index contributed by atoms with van der Waals surface area (Å²) in [5, 5.41) is 8.79. The van der Waals surface area contributed by atoms with Crippen LogP contribution in [0.1, 0.15) is 51.9 Å². The van der Waals surface area contributed by atoms with Crippen LogP contribution in [0.25, 0.3) is 0 Å². The second-order valence-corrected chi connectivity index (χ2v) is 5.57. The summed E-state index contributed by atoms with van der Waals surface area (Å²) in [5.41, 5.74) is 0. The van der Waals surface area contributed by atoms with E-state index < -0.39 is 5.97 Å². The van der Waals surface area contributed by atoms with E-state index in [2.05, 4.69) is 6.92 Å². The molecule has 1 saturated heterocycles. The van der Waals surface area contributed by atoms with E-state index in [1.165, 1.54) is 6.42 Å². The first-order valence-electron chi connectivity index (χ1n) is 7.85. The Morgan fingerprint density at radius 1 is 1.10 bits per heavy atom. The fourth-order valence-electron chi connectivity index (χ4n) is 2.54. The zero-order valence-corrected chi connectivity index (χ0v) is 12.6. The molecule has 0 spiro atoms. The van der Waals surface area contributed by atoms with Gasteiger partial charge in [-0.1, -0.05) is 19.8 Å². The molecule has 0 atom stereocenters. The standard InChI is InChI=1S/C15H28N2O3/c1-2-3-5-9-16(12-8-15(19)20)13-14(18)17-10-6-4-7-11-17/h2-13H2,1H3,(H,19,20). The van der Waals surface area contributed by atoms with Crippen molar-refractivity contribution in [1.29, 1.82) is 0 Å². The van der Waals surface area contributed by atoms with Crippen molar-refractivity contribution in [1.82, 2.24) is 9.80 Å². The Kier molecular flexibility index (Phi) is 8.26. The van der Waals surface area contributed by atoms with Gasteiger partial charge in [0.1, 0.15) is 0 Å². The number of nitrogens with zero attached hydrogens (tertiary/aromatic N) is 2. The van der Waals surface area contributed by atoms with Crippen LogP contribution in [-0.4, -0.2) is 59.5 Å². The Morgan fingerprint density at radius 2 is 1.80 bits per heavy atom. The van der Waals surface area contributed by atoms with Crippen molar-refractivity contribution in [2.75, 3.05) is 32.7 Å². The molecule has 5 nitrogen and oxygen atoms in total. The Morgan fingerprint density at radius 3 is 2.40 bits per heavy atom. The summed E-state index contributed by atoms with van der Waals surface area (Å²) in [7, 11) is 0. The predicted octanol–water partition coefficient (Wildman–Crippen LogP) is 1.97. The number of hydrogen-bond acceptors (Lipinski definition) is 3. The largest absolute Gasteiger partial charge is 0.481 e. The molecule has 1 fully saturated rings. The number of hydrogen-bond donors (Lipinski definition) is 1. The van der Waals surface area contributed by atoms with Crippen molar-refractivity contribution in [3.8, 4) is 0 Å². The molecule has 0 aromatic carbocycles. The van der Waals surface area contributed by atoms with Gasteiger partial charge in [0.2, 0.25) is 5.91 Å². The molecular formula is C15H28N2O3. The van der Waals surface area contributed by atoms with Crippen LogP contribution in [0.4, 0.5) is 0 Å². The third-order valence-corrected chi connectivity index (χ3v) is 3.79. The number of unbranched alkanes of at least 4 members (excludes halogenated alkanes) is 2. The fraction of sp³-hybridized carbons (Fsp3) is 0.867. The lowest BCUT2D eigenvalue weighted by Gasteiger charge is -2.29. The van der Waals surface area contributed by atoms with Gasteiger partial charge in [-0.05, 0) is 32.2 Å². The van der Waals surface area contributed by atoms with Gasteiger partial charge in [-0.3, -0.25) is 14.5 Å². The van der Waals surface area contributed by atoms with Gasteiger partial charge in [0.05, 0.1) is 13.0 Å². The lowest BCUT2D eigenvalue weighted by molar-refractivity contribution is -0.138. The monoisotopic (exact) mass is 284 g/mol. The van der Waals surface area contributed by atoms with Crippen molar-refractivity contribution < 1.29 is 14.7 Å². The zero-order chi connectivity index (χ0) is 14.8. The Hall–Kier alpha value is -1.10. The number of piperidine rings is 1. The van der Waals surface area contributed by atoms with Crippen molar-refractivity contribution in [3.05, 3.63) is 0 Å². The van der Waals surface area contributed by atoms with Crippen molar-refractivity contribution in [2.24, 2.45) is 0 Å². The van der Waals surface area contributed by atoms with E-state index in [4.69, 9.17) is 5.11 Å². The molecule has 1 aliphatic rings. The minimum atomic E-state index is -0.795. The quantitative estimate of drug-likeness (QED) is 0.658. The SMILES string of the molecule is CCCCCN(CCC(=O)O)CC(=O)N1CCCCC1. The minimum absolute atomic E-state index is 0.111. The van der Waals surface area contributed by atoms with Crippen LogP contribution in [0.3, 0.4) is 0 Å². The fourth-order valence-corrected chi connectivity index (χ4v) is 2.54. The molecule has 0 saturated carbocycles. The summed E-state index contributed by atoms with van der Waals surface area (Å²) in [4.78, 5) is 26.9. The lowest BCUT2D eigenvalue weighted by Crippen LogP contribution is -2.43. The van der Waals surface area contributed by atoms with Crippen molar-refractivity contribution in [3.63, 3.8) is 0 Å². The molecule has 0 aromatic rings. The molecule has 0 aliphatic carbocycles. The lowest BCUT2D eigenvalue weighted by atomic mass is 10.1. The molecule has 1 rings (SSSR count). The molecule has 0 radical (unpaired) electrons. The number of carboxylic acids is 1. The maximum Gasteiger partial charge on any atom is 0.304 e. The molecule has 0 aromatic heterocycles. The van der Waals surface area contributed by atoms with Crippen LogP contribution in [0, 0.1) is 0 Å². The van der Waals surface area contributed by atoms with Gasteiger partial charge >= 0.3 is 5.97 Å². The molecule has 1 N–H and O–H groups in total.